The number of thioether (sulfide) groups is 1. The second-order valence-electron chi connectivity index (χ2n) is 12.2. The number of ether oxygens (including phenoxy) is 3. The minimum Gasteiger partial charge on any atom is -0.507 e. The molecule has 1 aromatic heterocycles. The topological polar surface area (TPSA) is 111 Å². The Bertz CT molecular complexity index is 2110. The fourth-order valence-electron chi connectivity index (χ4n) is 6.39. The zero-order valence-corrected chi connectivity index (χ0v) is 29.7. The standard InChI is InChI=1S/C39H37N3O6S2/c1-4-6-18-47-31-17-14-25(21-32(31)46-5-2)34-33(35(43)26-15-16-30-28(20-26)19-23(3)48-30)36(44)37(45)42(34)38-40-41-39(50-38)49-22-27-12-9-11-24-10-7-8-13-29(24)27/h7-17,20-21,23,34,43H,4-6,18-19,22H2,1-3H3/t23-,34+/m0/s1. The molecule has 0 unspecified atom stereocenters. The van der Waals surface area contributed by atoms with Crippen LogP contribution in [0.5, 0.6) is 17.2 Å². The lowest BCUT2D eigenvalue weighted by Crippen LogP contribution is -2.29. The molecule has 50 heavy (non-hydrogen) atoms. The Labute approximate surface area is 298 Å². The number of carbonyl (C=O) groups excluding carboxylic acids is 2. The zero-order chi connectivity index (χ0) is 34.8. The number of benzene rings is 4. The molecule has 11 heteroatoms. The molecule has 1 saturated heterocycles. The molecule has 0 spiro atoms. The molecule has 3 heterocycles. The number of carbonyl (C=O) groups is 2. The van der Waals surface area contributed by atoms with Crippen molar-refractivity contribution in [2.75, 3.05) is 18.1 Å². The third-order valence-corrected chi connectivity index (χ3v) is 10.9. The number of aromatic nitrogens is 2. The first-order chi connectivity index (χ1) is 24.4. The van der Waals surface area contributed by atoms with Crippen LogP contribution in [0.2, 0.25) is 0 Å². The average Bonchev–Trinajstić information content (AvgIpc) is 3.82. The molecule has 0 aliphatic carbocycles. The molecule has 1 fully saturated rings. The van der Waals surface area contributed by atoms with E-state index in [4.69, 9.17) is 14.2 Å². The van der Waals surface area contributed by atoms with Crippen molar-refractivity contribution in [2.45, 2.75) is 62.3 Å². The summed E-state index contributed by atoms with van der Waals surface area (Å²) < 4.78 is 18.5. The summed E-state index contributed by atoms with van der Waals surface area (Å²) in [5.41, 5.74) is 3.04. The van der Waals surface area contributed by atoms with E-state index in [2.05, 4.69) is 41.4 Å². The normalized spacial score (nSPS) is 18.0. The van der Waals surface area contributed by atoms with Crippen molar-refractivity contribution in [2.24, 2.45) is 0 Å². The van der Waals surface area contributed by atoms with Gasteiger partial charge < -0.3 is 19.3 Å². The van der Waals surface area contributed by atoms with Gasteiger partial charge in [0.05, 0.1) is 24.8 Å². The lowest BCUT2D eigenvalue weighted by Gasteiger charge is -2.23. The van der Waals surface area contributed by atoms with Gasteiger partial charge in [-0.25, -0.2) is 0 Å². The Hall–Kier alpha value is -4.87. The smallest absolute Gasteiger partial charge is 0.301 e. The maximum atomic E-state index is 13.9. The summed E-state index contributed by atoms with van der Waals surface area (Å²) in [6.07, 6.45) is 2.55. The number of rotatable bonds is 12. The van der Waals surface area contributed by atoms with Crippen LogP contribution in [-0.2, 0) is 21.8 Å². The van der Waals surface area contributed by atoms with Crippen molar-refractivity contribution in [3.63, 3.8) is 0 Å². The molecule has 2 aliphatic rings. The van der Waals surface area contributed by atoms with Crippen LogP contribution in [0.1, 0.15) is 61.9 Å². The molecular formula is C39H37N3O6S2. The van der Waals surface area contributed by atoms with Crippen molar-refractivity contribution in [1.29, 1.82) is 0 Å². The second kappa shape index (κ2) is 14.5. The van der Waals surface area contributed by atoms with Gasteiger partial charge in [-0.2, -0.15) is 0 Å². The van der Waals surface area contributed by atoms with Crippen molar-refractivity contribution in [1.82, 2.24) is 10.2 Å². The van der Waals surface area contributed by atoms with Gasteiger partial charge in [-0.1, -0.05) is 85.0 Å². The number of Topliss-reactive ketones (excluding diaryl/α,β-unsaturated/α-hetero) is 1. The number of aliphatic hydroxyl groups excluding tert-OH is 1. The third kappa shape index (κ3) is 6.55. The molecule has 5 aromatic rings. The summed E-state index contributed by atoms with van der Waals surface area (Å²) in [5.74, 6) is 0.575. The SMILES string of the molecule is CCCCOc1ccc([C@@H]2C(=C(O)c3ccc4c(c3)C[C@H](C)O4)C(=O)C(=O)N2c2nnc(SCc3cccc4ccccc34)s2)cc1OCC. The van der Waals surface area contributed by atoms with E-state index in [-0.39, 0.29) is 22.6 Å². The summed E-state index contributed by atoms with van der Waals surface area (Å²) in [5, 5.41) is 23.2. The van der Waals surface area contributed by atoms with E-state index in [0.29, 0.717) is 52.4 Å². The highest BCUT2D eigenvalue weighted by atomic mass is 32.2. The first-order valence-electron chi connectivity index (χ1n) is 16.8. The van der Waals surface area contributed by atoms with Gasteiger partial charge >= 0.3 is 5.91 Å². The minimum absolute atomic E-state index is 0.00750. The molecule has 2 atom stereocenters. The van der Waals surface area contributed by atoms with Crippen LogP contribution in [0, 0.1) is 0 Å². The molecule has 0 saturated carbocycles. The van der Waals surface area contributed by atoms with Crippen molar-refractivity contribution < 1.29 is 28.9 Å². The summed E-state index contributed by atoms with van der Waals surface area (Å²) >= 11 is 2.75. The summed E-state index contributed by atoms with van der Waals surface area (Å²) in [6, 6.07) is 24.1. The van der Waals surface area contributed by atoms with Crippen LogP contribution in [0.15, 0.2) is 88.8 Å². The quantitative estimate of drug-likeness (QED) is 0.0341. The first-order valence-corrected chi connectivity index (χ1v) is 18.6. The van der Waals surface area contributed by atoms with Gasteiger partial charge in [0.15, 0.2) is 15.8 Å². The first kappa shape index (κ1) is 33.6. The van der Waals surface area contributed by atoms with Gasteiger partial charge in [0, 0.05) is 17.7 Å². The van der Waals surface area contributed by atoms with Gasteiger partial charge in [0.1, 0.15) is 17.6 Å². The molecule has 1 amide bonds. The summed E-state index contributed by atoms with van der Waals surface area (Å²) in [6.45, 7) is 6.86. The molecule has 2 aliphatic heterocycles. The van der Waals surface area contributed by atoms with E-state index in [1.165, 1.54) is 28.0 Å². The van der Waals surface area contributed by atoms with Gasteiger partial charge in [-0.05, 0) is 78.1 Å². The Morgan fingerprint density at radius 2 is 1.84 bits per heavy atom. The Morgan fingerprint density at radius 1 is 1.00 bits per heavy atom. The van der Waals surface area contributed by atoms with Crippen molar-refractivity contribution in [3.05, 3.63) is 107 Å². The van der Waals surface area contributed by atoms with E-state index in [9.17, 15) is 14.7 Å². The van der Waals surface area contributed by atoms with Crippen LogP contribution < -0.4 is 19.1 Å². The molecule has 0 bridgehead atoms. The van der Waals surface area contributed by atoms with E-state index in [0.717, 1.165) is 40.5 Å². The Morgan fingerprint density at radius 3 is 2.68 bits per heavy atom. The fourth-order valence-corrected chi connectivity index (χ4v) is 8.27. The number of hydrogen-bond acceptors (Lipinski definition) is 10. The maximum absolute atomic E-state index is 13.9. The fraction of sp³-hybridized carbons (Fsp3) is 0.282. The lowest BCUT2D eigenvalue weighted by atomic mass is 9.94. The van der Waals surface area contributed by atoms with E-state index >= 15 is 0 Å². The Balaban J connectivity index is 1.27. The van der Waals surface area contributed by atoms with Crippen LogP contribution >= 0.6 is 23.1 Å². The van der Waals surface area contributed by atoms with Crippen LogP contribution in [-0.4, -0.2) is 46.3 Å². The van der Waals surface area contributed by atoms with Crippen LogP contribution in [0.25, 0.3) is 16.5 Å². The highest BCUT2D eigenvalue weighted by Crippen LogP contribution is 2.46. The number of unbranched alkanes of at least 4 members (excludes halogenated alkanes) is 1. The number of hydrogen-bond donors (Lipinski definition) is 1. The summed E-state index contributed by atoms with van der Waals surface area (Å²) in [7, 11) is 0. The number of ketones is 1. The highest BCUT2D eigenvalue weighted by molar-refractivity contribution is 8.00. The van der Waals surface area contributed by atoms with Gasteiger partial charge in [0.25, 0.3) is 5.78 Å². The monoisotopic (exact) mass is 707 g/mol. The minimum atomic E-state index is -0.994. The largest absolute Gasteiger partial charge is 0.507 e. The maximum Gasteiger partial charge on any atom is 0.301 e. The molecule has 0 radical (unpaired) electrons. The third-order valence-electron chi connectivity index (χ3n) is 8.79. The Kier molecular flexibility index (Phi) is 9.78. The van der Waals surface area contributed by atoms with Crippen molar-refractivity contribution in [3.8, 4) is 17.2 Å². The van der Waals surface area contributed by atoms with E-state index in [1.807, 2.05) is 38.1 Å². The predicted octanol–water partition coefficient (Wildman–Crippen LogP) is 8.51. The molecule has 4 aromatic carbocycles. The molecule has 9 nitrogen and oxygen atoms in total. The number of aliphatic hydroxyl groups is 1. The number of fused-ring (bicyclic) bond motifs is 2. The lowest BCUT2D eigenvalue weighted by molar-refractivity contribution is -0.132. The molecule has 7 rings (SSSR count). The number of amides is 1. The summed E-state index contributed by atoms with van der Waals surface area (Å²) in [4.78, 5) is 29.2. The number of nitrogens with zero attached hydrogens (tertiary/aromatic N) is 3. The van der Waals surface area contributed by atoms with Gasteiger partial charge in [0.2, 0.25) is 5.13 Å². The highest BCUT2D eigenvalue weighted by Gasteiger charge is 2.48. The second-order valence-corrected chi connectivity index (χ2v) is 14.4. The van der Waals surface area contributed by atoms with E-state index in [1.54, 1.807) is 30.3 Å². The van der Waals surface area contributed by atoms with Gasteiger partial charge in [-0.15, -0.1) is 10.2 Å². The number of anilines is 1. The average molecular weight is 708 g/mol. The molecule has 256 valence electrons. The van der Waals surface area contributed by atoms with Crippen LogP contribution in [0.4, 0.5) is 5.13 Å². The molecular weight excluding hydrogens is 671 g/mol. The van der Waals surface area contributed by atoms with Crippen LogP contribution in [0.3, 0.4) is 0 Å². The molecule has 1 N–H and O–H groups in total. The van der Waals surface area contributed by atoms with Crippen molar-refractivity contribution >= 4 is 56.5 Å². The van der Waals surface area contributed by atoms with Gasteiger partial charge in [-0.3, -0.25) is 14.5 Å². The zero-order valence-electron chi connectivity index (χ0n) is 28.0. The predicted molar refractivity (Wildman–Crippen MR) is 196 cm³/mol. The van der Waals surface area contributed by atoms with E-state index < -0.39 is 17.7 Å².